The van der Waals surface area contributed by atoms with Crippen LogP contribution < -0.4 is 9.64 Å². The molecule has 2 aromatic heterocycles. The van der Waals surface area contributed by atoms with Gasteiger partial charge in [-0.1, -0.05) is 17.7 Å². The Kier molecular flexibility index (Phi) is 7.93. The molecule has 0 aliphatic carbocycles. The minimum atomic E-state index is -0.883. The van der Waals surface area contributed by atoms with Gasteiger partial charge < -0.3 is 23.9 Å². The molecule has 1 aromatic carbocycles. The van der Waals surface area contributed by atoms with Gasteiger partial charge in [-0.3, -0.25) is 9.69 Å². The number of piperidine rings is 1. The highest BCUT2D eigenvalue weighted by atomic mass is 35.5. The molecule has 0 unspecified atom stereocenters. The van der Waals surface area contributed by atoms with Crippen LogP contribution in [-0.4, -0.2) is 77.5 Å². The van der Waals surface area contributed by atoms with E-state index in [1.165, 1.54) is 0 Å². The number of nitrogens with zero attached hydrogens (tertiary/aromatic N) is 4. The van der Waals surface area contributed by atoms with E-state index >= 15 is 0 Å². The summed E-state index contributed by atoms with van der Waals surface area (Å²) < 4.78 is 16.9. The van der Waals surface area contributed by atoms with Gasteiger partial charge in [0.2, 0.25) is 5.95 Å². The van der Waals surface area contributed by atoms with E-state index in [9.17, 15) is 4.79 Å². The summed E-state index contributed by atoms with van der Waals surface area (Å²) >= 11 is 6.34. The quantitative estimate of drug-likeness (QED) is 0.440. The molecule has 10 heteroatoms. The Labute approximate surface area is 221 Å². The van der Waals surface area contributed by atoms with E-state index in [0.29, 0.717) is 22.9 Å². The van der Waals surface area contributed by atoms with Crippen LogP contribution in [0.15, 0.2) is 53.6 Å². The van der Waals surface area contributed by atoms with Gasteiger partial charge in [-0.05, 0) is 43.0 Å². The average molecular weight is 527 g/mol. The van der Waals surface area contributed by atoms with Crippen LogP contribution in [0.4, 0.5) is 5.95 Å². The van der Waals surface area contributed by atoms with Gasteiger partial charge in [0, 0.05) is 55.2 Å². The fourth-order valence-electron chi connectivity index (χ4n) is 5.24. The lowest BCUT2D eigenvalue weighted by Gasteiger charge is -2.50. The van der Waals surface area contributed by atoms with Gasteiger partial charge in [0.15, 0.2) is 0 Å². The predicted octanol–water partition coefficient (Wildman–Crippen LogP) is 4.16. The van der Waals surface area contributed by atoms with Gasteiger partial charge in [-0.15, -0.1) is 0 Å². The molecule has 4 heterocycles. The van der Waals surface area contributed by atoms with Crippen molar-refractivity contribution in [3.63, 3.8) is 0 Å². The molecule has 0 saturated carbocycles. The lowest BCUT2D eigenvalue weighted by atomic mass is 9.82. The SMILES string of the molecule is O=C(O)Cc1ccc(Cl)c(OCCC2(N3CCOCC3)CCN(c3ncc(-c4ccoc4)cn3)CC2)c1. The summed E-state index contributed by atoms with van der Waals surface area (Å²) in [6, 6.07) is 7.04. The van der Waals surface area contributed by atoms with Gasteiger partial charge in [0.25, 0.3) is 0 Å². The summed E-state index contributed by atoms with van der Waals surface area (Å²) in [5.41, 5.74) is 2.54. The smallest absolute Gasteiger partial charge is 0.307 e. The van der Waals surface area contributed by atoms with Crippen molar-refractivity contribution in [3.05, 3.63) is 59.8 Å². The van der Waals surface area contributed by atoms with Crippen LogP contribution >= 0.6 is 11.6 Å². The number of aromatic nitrogens is 2. The molecule has 2 aliphatic rings. The van der Waals surface area contributed by atoms with E-state index in [0.717, 1.165) is 75.7 Å². The topological polar surface area (TPSA) is 101 Å². The molecule has 2 aliphatic heterocycles. The van der Waals surface area contributed by atoms with Crippen LogP contribution in [0.1, 0.15) is 24.8 Å². The molecular weight excluding hydrogens is 496 g/mol. The summed E-state index contributed by atoms with van der Waals surface area (Å²) in [7, 11) is 0. The van der Waals surface area contributed by atoms with Crippen molar-refractivity contribution >= 4 is 23.5 Å². The van der Waals surface area contributed by atoms with Crippen molar-refractivity contribution in [2.75, 3.05) is 50.9 Å². The Balaban J connectivity index is 1.24. The maximum absolute atomic E-state index is 11.1. The molecule has 2 saturated heterocycles. The van der Waals surface area contributed by atoms with Crippen molar-refractivity contribution in [2.24, 2.45) is 0 Å². The molecule has 0 atom stereocenters. The van der Waals surface area contributed by atoms with E-state index in [1.54, 1.807) is 30.7 Å². The summed E-state index contributed by atoms with van der Waals surface area (Å²) in [5, 5.41) is 9.59. The lowest BCUT2D eigenvalue weighted by molar-refractivity contribution is -0.136. The number of carboxylic acid groups (broad SMARTS) is 1. The molecule has 0 amide bonds. The van der Waals surface area contributed by atoms with Gasteiger partial charge in [-0.2, -0.15) is 0 Å². The summed E-state index contributed by atoms with van der Waals surface area (Å²) in [6.07, 6.45) is 9.69. The molecule has 0 radical (unpaired) electrons. The number of hydrogen-bond donors (Lipinski definition) is 1. The van der Waals surface area contributed by atoms with Crippen LogP contribution in [0.5, 0.6) is 5.75 Å². The minimum Gasteiger partial charge on any atom is -0.492 e. The number of morpholine rings is 1. The number of hydrogen-bond acceptors (Lipinski definition) is 8. The van der Waals surface area contributed by atoms with Gasteiger partial charge >= 0.3 is 5.97 Å². The normalized spacial score (nSPS) is 18.0. The number of aliphatic carboxylic acids is 1. The Morgan fingerprint density at radius 2 is 1.84 bits per heavy atom. The zero-order valence-corrected chi connectivity index (χ0v) is 21.4. The number of anilines is 1. The Hall–Kier alpha value is -3.14. The zero-order valence-electron chi connectivity index (χ0n) is 20.6. The summed E-state index contributed by atoms with van der Waals surface area (Å²) in [5.74, 6) is 0.383. The molecule has 0 spiro atoms. The molecule has 196 valence electrons. The maximum atomic E-state index is 11.1. The first-order chi connectivity index (χ1) is 18.0. The molecule has 0 bridgehead atoms. The van der Waals surface area contributed by atoms with Crippen LogP contribution in [0.25, 0.3) is 11.1 Å². The van der Waals surface area contributed by atoms with E-state index < -0.39 is 5.97 Å². The molecule has 1 N–H and O–H groups in total. The highest BCUT2D eigenvalue weighted by Crippen LogP contribution is 2.35. The van der Waals surface area contributed by atoms with E-state index in [4.69, 9.17) is 30.6 Å². The molecule has 2 fully saturated rings. The maximum Gasteiger partial charge on any atom is 0.307 e. The van der Waals surface area contributed by atoms with E-state index in [-0.39, 0.29) is 12.0 Å². The summed E-state index contributed by atoms with van der Waals surface area (Å²) in [4.78, 5) is 25.1. The third-order valence-corrected chi connectivity index (χ3v) is 7.64. The number of rotatable bonds is 9. The Bertz CT molecular complexity index is 1170. The predicted molar refractivity (Wildman–Crippen MR) is 139 cm³/mol. The highest BCUT2D eigenvalue weighted by Gasteiger charge is 2.40. The van der Waals surface area contributed by atoms with Crippen LogP contribution in [-0.2, 0) is 16.0 Å². The van der Waals surface area contributed by atoms with Gasteiger partial charge in [0.1, 0.15) is 5.75 Å². The second kappa shape index (κ2) is 11.5. The van der Waals surface area contributed by atoms with Crippen molar-refractivity contribution < 1.29 is 23.8 Å². The van der Waals surface area contributed by atoms with Crippen molar-refractivity contribution in [1.29, 1.82) is 0 Å². The fourth-order valence-corrected chi connectivity index (χ4v) is 5.41. The monoisotopic (exact) mass is 526 g/mol. The number of carboxylic acids is 1. The van der Waals surface area contributed by atoms with E-state index in [1.807, 2.05) is 18.5 Å². The third-order valence-electron chi connectivity index (χ3n) is 7.33. The van der Waals surface area contributed by atoms with E-state index in [2.05, 4.69) is 19.8 Å². The molecule has 37 heavy (non-hydrogen) atoms. The number of carbonyl (C=O) groups is 1. The lowest BCUT2D eigenvalue weighted by Crippen LogP contribution is -2.59. The second-order valence-corrected chi connectivity index (χ2v) is 9.94. The van der Waals surface area contributed by atoms with Crippen LogP contribution in [0.2, 0.25) is 5.02 Å². The number of halogens is 1. The van der Waals surface area contributed by atoms with Crippen molar-refractivity contribution in [2.45, 2.75) is 31.2 Å². The zero-order chi connectivity index (χ0) is 25.7. The van der Waals surface area contributed by atoms with Crippen LogP contribution in [0.3, 0.4) is 0 Å². The average Bonchev–Trinajstić information content (AvgIpc) is 3.46. The van der Waals surface area contributed by atoms with Crippen molar-refractivity contribution in [1.82, 2.24) is 14.9 Å². The summed E-state index contributed by atoms with van der Waals surface area (Å²) in [6.45, 7) is 5.43. The standard InChI is InChI=1S/C27H31ClN4O5/c28-23-2-1-20(16-25(33)34)15-24(23)37-12-6-27(32-9-13-35-14-10-32)4-7-31(8-5-27)26-29-17-22(18-30-26)21-3-11-36-19-21/h1-3,11,15,17-19H,4-10,12-14,16H2,(H,33,34). The fraction of sp³-hybridized carbons (Fsp3) is 0.444. The number of benzene rings is 1. The number of ether oxygens (including phenoxy) is 2. The first-order valence-electron chi connectivity index (χ1n) is 12.6. The third kappa shape index (κ3) is 6.06. The Morgan fingerprint density at radius 1 is 1.08 bits per heavy atom. The first-order valence-corrected chi connectivity index (χ1v) is 13.0. The largest absolute Gasteiger partial charge is 0.492 e. The molecule has 3 aromatic rings. The highest BCUT2D eigenvalue weighted by molar-refractivity contribution is 6.32. The van der Waals surface area contributed by atoms with Crippen LogP contribution in [0, 0.1) is 0 Å². The number of furan rings is 1. The minimum absolute atomic E-state index is 0.0256. The Morgan fingerprint density at radius 3 is 2.51 bits per heavy atom. The van der Waals surface area contributed by atoms with Gasteiger partial charge in [0.05, 0.1) is 43.8 Å². The van der Waals surface area contributed by atoms with Crippen molar-refractivity contribution in [3.8, 4) is 16.9 Å². The first kappa shape index (κ1) is 25.5. The molecular formula is C27H31ClN4O5. The van der Waals surface area contributed by atoms with Gasteiger partial charge in [-0.25, -0.2) is 9.97 Å². The second-order valence-electron chi connectivity index (χ2n) is 9.53. The molecule has 9 nitrogen and oxygen atoms in total. The molecule has 5 rings (SSSR count).